The molecule has 108 valence electrons. The summed E-state index contributed by atoms with van der Waals surface area (Å²) in [6.45, 7) is 5.84. The molecule has 0 aromatic heterocycles. The molecule has 2 fully saturated rings. The SMILES string of the molecule is CC(C)C1NC(=O)C(C)N(C2CCCCCC2)C1=O. The lowest BCUT2D eigenvalue weighted by Gasteiger charge is -2.43. The number of amides is 2. The van der Waals surface area contributed by atoms with Crippen LogP contribution in [0.25, 0.3) is 0 Å². The molecule has 0 bridgehead atoms. The van der Waals surface area contributed by atoms with E-state index in [-0.39, 0.29) is 35.9 Å². The fraction of sp³-hybridized carbons (Fsp3) is 0.867. The number of nitrogens with zero attached hydrogens (tertiary/aromatic N) is 1. The van der Waals surface area contributed by atoms with Gasteiger partial charge >= 0.3 is 0 Å². The summed E-state index contributed by atoms with van der Waals surface area (Å²) in [5.74, 6) is 0.272. The Bertz CT molecular complexity index is 346. The lowest BCUT2D eigenvalue weighted by Crippen LogP contribution is -2.66. The van der Waals surface area contributed by atoms with Crippen LogP contribution in [0, 0.1) is 5.92 Å². The van der Waals surface area contributed by atoms with Crippen LogP contribution in [0.4, 0.5) is 0 Å². The van der Waals surface area contributed by atoms with Gasteiger partial charge in [0.25, 0.3) is 0 Å². The van der Waals surface area contributed by atoms with Crippen LogP contribution >= 0.6 is 0 Å². The second-order valence-corrected chi connectivity index (χ2v) is 6.30. The van der Waals surface area contributed by atoms with Gasteiger partial charge in [-0.15, -0.1) is 0 Å². The molecule has 1 saturated carbocycles. The summed E-state index contributed by atoms with van der Waals surface area (Å²) >= 11 is 0. The first-order valence-electron chi connectivity index (χ1n) is 7.65. The Hall–Kier alpha value is -1.06. The number of carbonyl (C=O) groups excluding carboxylic acids is 2. The third kappa shape index (κ3) is 2.93. The van der Waals surface area contributed by atoms with Gasteiger partial charge in [0.2, 0.25) is 11.8 Å². The highest BCUT2D eigenvalue weighted by atomic mass is 16.2. The van der Waals surface area contributed by atoms with Crippen molar-refractivity contribution in [2.75, 3.05) is 0 Å². The third-order valence-corrected chi connectivity index (χ3v) is 4.50. The average Bonchev–Trinajstić information content (AvgIpc) is 2.63. The predicted octanol–water partition coefficient (Wildman–Crippen LogP) is 2.08. The van der Waals surface area contributed by atoms with Gasteiger partial charge in [-0.2, -0.15) is 0 Å². The van der Waals surface area contributed by atoms with Crippen molar-refractivity contribution in [1.82, 2.24) is 10.2 Å². The monoisotopic (exact) mass is 266 g/mol. The Morgan fingerprint density at radius 2 is 1.68 bits per heavy atom. The summed E-state index contributed by atoms with van der Waals surface area (Å²) < 4.78 is 0. The zero-order valence-corrected chi connectivity index (χ0v) is 12.3. The summed E-state index contributed by atoms with van der Waals surface area (Å²) in [7, 11) is 0. The number of piperazine rings is 1. The van der Waals surface area contributed by atoms with E-state index in [1.165, 1.54) is 25.7 Å². The molecule has 2 amide bonds. The maximum absolute atomic E-state index is 12.6. The van der Waals surface area contributed by atoms with E-state index in [1.807, 2.05) is 25.7 Å². The van der Waals surface area contributed by atoms with Crippen molar-refractivity contribution >= 4 is 11.8 Å². The summed E-state index contributed by atoms with van der Waals surface area (Å²) in [6.07, 6.45) is 6.96. The molecule has 2 aliphatic rings. The first kappa shape index (κ1) is 14.4. The van der Waals surface area contributed by atoms with Crippen LogP contribution < -0.4 is 5.32 Å². The average molecular weight is 266 g/mol. The van der Waals surface area contributed by atoms with Crippen molar-refractivity contribution in [3.63, 3.8) is 0 Å². The Labute approximate surface area is 115 Å². The van der Waals surface area contributed by atoms with Crippen LogP contribution in [-0.2, 0) is 9.59 Å². The molecular formula is C15H26N2O2. The number of hydrogen-bond acceptors (Lipinski definition) is 2. The van der Waals surface area contributed by atoms with Gasteiger partial charge in [-0.3, -0.25) is 9.59 Å². The smallest absolute Gasteiger partial charge is 0.246 e. The van der Waals surface area contributed by atoms with Gasteiger partial charge in [-0.1, -0.05) is 39.5 Å². The van der Waals surface area contributed by atoms with Crippen molar-refractivity contribution in [2.45, 2.75) is 77.4 Å². The minimum Gasteiger partial charge on any atom is -0.342 e. The number of carbonyl (C=O) groups is 2. The highest BCUT2D eigenvalue weighted by Crippen LogP contribution is 2.27. The zero-order chi connectivity index (χ0) is 14.0. The van der Waals surface area contributed by atoms with Crippen molar-refractivity contribution in [3.05, 3.63) is 0 Å². The zero-order valence-electron chi connectivity index (χ0n) is 12.3. The Balaban J connectivity index is 2.18. The Morgan fingerprint density at radius 3 is 2.21 bits per heavy atom. The van der Waals surface area contributed by atoms with E-state index in [2.05, 4.69) is 5.32 Å². The highest BCUT2D eigenvalue weighted by molar-refractivity contribution is 5.97. The third-order valence-electron chi connectivity index (χ3n) is 4.50. The van der Waals surface area contributed by atoms with Crippen LogP contribution in [0.1, 0.15) is 59.3 Å². The van der Waals surface area contributed by atoms with E-state index in [9.17, 15) is 9.59 Å². The number of hydrogen-bond donors (Lipinski definition) is 1. The van der Waals surface area contributed by atoms with Crippen molar-refractivity contribution in [1.29, 1.82) is 0 Å². The summed E-state index contributed by atoms with van der Waals surface area (Å²) in [4.78, 5) is 26.6. The molecule has 2 atom stereocenters. The van der Waals surface area contributed by atoms with E-state index >= 15 is 0 Å². The number of rotatable bonds is 2. The van der Waals surface area contributed by atoms with Gasteiger partial charge in [-0.25, -0.2) is 0 Å². The van der Waals surface area contributed by atoms with Crippen LogP contribution in [0.3, 0.4) is 0 Å². The molecule has 1 N–H and O–H groups in total. The molecule has 19 heavy (non-hydrogen) atoms. The topological polar surface area (TPSA) is 49.4 Å². The van der Waals surface area contributed by atoms with E-state index < -0.39 is 0 Å². The first-order valence-corrected chi connectivity index (χ1v) is 7.65. The molecule has 1 aliphatic carbocycles. The number of nitrogens with one attached hydrogen (secondary N) is 1. The van der Waals surface area contributed by atoms with E-state index in [1.54, 1.807) is 0 Å². The molecule has 0 radical (unpaired) electrons. The second-order valence-electron chi connectivity index (χ2n) is 6.30. The second kappa shape index (κ2) is 5.93. The Kier molecular flexibility index (Phi) is 4.48. The van der Waals surface area contributed by atoms with Gasteiger partial charge in [0.1, 0.15) is 12.1 Å². The lowest BCUT2D eigenvalue weighted by molar-refractivity contribution is -0.153. The molecule has 0 spiro atoms. The minimum absolute atomic E-state index is 0.00236. The molecular weight excluding hydrogens is 240 g/mol. The maximum atomic E-state index is 12.6. The maximum Gasteiger partial charge on any atom is 0.246 e. The molecule has 0 aromatic carbocycles. The summed E-state index contributed by atoms with van der Waals surface area (Å²) in [6, 6.07) is -0.394. The van der Waals surface area contributed by atoms with Gasteiger partial charge in [0, 0.05) is 6.04 Å². The normalized spacial score (nSPS) is 30.4. The van der Waals surface area contributed by atoms with Crippen LogP contribution in [0.2, 0.25) is 0 Å². The summed E-state index contributed by atoms with van der Waals surface area (Å²) in [5, 5.41) is 2.87. The van der Waals surface area contributed by atoms with Crippen molar-refractivity contribution in [3.8, 4) is 0 Å². The van der Waals surface area contributed by atoms with Crippen LogP contribution in [0.15, 0.2) is 0 Å². The first-order chi connectivity index (χ1) is 9.02. The quantitative estimate of drug-likeness (QED) is 0.778. The van der Waals surface area contributed by atoms with E-state index in [0.717, 1.165) is 12.8 Å². The Morgan fingerprint density at radius 1 is 1.11 bits per heavy atom. The lowest BCUT2D eigenvalue weighted by atomic mass is 9.95. The van der Waals surface area contributed by atoms with Crippen LogP contribution in [-0.4, -0.2) is 34.8 Å². The predicted molar refractivity (Wildman–Crippen MR) is 74.6 cm³/mol. The summed E-state index contributed by atoms with van der Waals surface area (Å²) in [5.41, 5.74) is 0. The molecule has 0 aromatic rings. The van der Waals surface area contributed by atoms with Crippen molar-refractivity contribution in [2.24, 2.45) is 5.92 Å². The fourth-order valence-corrected chi connectivity index (χ4v) is 3.30. The molecule has 1 heterocycles. The fourth-order valence-electron chi connectivity index (χ4n) is 3.30. The van der Waals surface area contributed by atoms with Crippen LogP contribution in [0.5, 0.6) is 0 Å². The standard InChI is InChI=1S/C15H26N2O2/c1-10(2)13-15(19)17(11(3)14(18)16-13)12-8-6-4-5-7-9-12/h10-13H,4-9H2,1-3H3,(H,16,18). The van der Waals surface area contributed by atoms with Gasteiger partial charge in [0.15, 0.2) is 0 Å². The highest BCUT2D eigenvalue weighted by Gasteiger charge is 2.42. The molecule has 2 rings (SSSR count). The van der Waals surface area contributed by atoms with E-state index in [4.69, 9.17) is 0 Å². The van der Waals surface area contributed by atoms with E-state index in [0.29, 0.717) is 0 Å². The molecule has 1 saturated heterocycles. The molecule has 2 unspecified atom stereocenters. The largest absolute Gasteiger partial charge is 0.342 e. The van der Waals surface area contributed by atoms with Gasteiger partial charge in [-0.05, 0) is 25.7 Å². The minimum atomic E-state index is -0.341. The van der Waals surface area contributed by atoms with Gasteiger partial charge in [0.05, 0.1) is 0 Å². The van der Waals surface area contributed by atoms with Gasteiger partial charge < -0.3 is 10.2 Å². The molecule has 4 nitrogen and oxygen atoms in total. The van der Waals surface area contributed by atoms with Crippen molar-refractivity contribution < 1.29 is 9.59 Å². The molecule has 4 heteroatoms. The molecule has 1 aliphatic heterocycles.